The summed E-state index contributed by atoms with van der Waals surface area (Å²) in [6.07, 6.45) is 5.94. The zero-order chi connectivity index (χ0) is 15.6. The first-order chi connectivity index (χ1) is 11.3. The molecule has 0 bridgehead atoms. The van der Waals surface area contributed by atoms with Gasteiger partial charge in [-0.3, -0.25) is 5.01 Å². The lowest BCUT2D eigenvalue weighted by Gasteiger charge is -2.28. The summed E-state index contributed by atoms with van der Waals surface area (Å²) in [7, 11) is 2.11. The van der Waals surface area contributed by atoms with Crippen molar-refractivity contribution in [3.63, 3.8) is 0 Å². The molecule has 0 spiro atoms. The van der Waals surface area contributed by atoms with Crippen LogP contribution in [0.3, 0.4) is 0 Å². The molecule has 0 N–H and O–H groups in total. The van der Waals surface area contributed by atoms with Crippen LogP contribution in [0.4, 0.5) is 0 Å². The first kappa shape index (κ1) is 14.3. The van der Waals surface area contributed by atoms with E-state index in [4.69, 9.17) is 5.10 Å². The molecule has 2 atom stereocenters. The summed E-state index contributed by atoms with van der Waals surface area (Å²) in [5, 5.41) is 7.09. The minimum atomic E-state index is 0.380. The first-order valence-electron chi connectivity index (χ1n) is 8.45. The summed E-state index contributed by atoms with van der Waals surface area (Å²) < 4.78 is 0. The van der Waals surface area contributed by atoms with Crippen LogP contribution in [0.25, 0.3) is 6.08 Å². The summed E-state index contributed by atoms with van der Waals surface area (Å²) in [4.78, 5) is 0. The second kappa shape index (κ2) is 6.04. The Morgan fingerprint density at radius 2 is 1.70 bits per heavy atom. The monoisotopic (exact) mass is 302 g/mol. The molecule has 116 valence electrons. The van der Waals surface area contributed by atoms with Crippen molar-refractivity contribution in [3.8, 4) is 0 Å². The summed E-state index contributed by atoms with van der Waals surface area (Å²) in [6.45, 7) is 0. The second-order valence-electron chi connectivity index (χ2n) is 6.49. The van der Waals surface area contributed by atoms with Gasteiger partial charge in [0.1, 0.15) is 0 Å². The standard InChI is InChI=1S/C21H22N2/c1-23-21(17-11-6-3-7-12-17)19-14-8-13-18(20(19)22-23)15-16-9-4-2-5-10-16/h2-7,9-12,15,19,21H,8,13-14H2,1H3/b18-15-. The van der Waals surface area contributed by atoms with E-state index in [-0.39, 0.29) is 0 Å². The fourth-order valence-corrected chi connectivity index (χ4v) is 3.95. The first-order valence-corrected chi connectivity index (χ1v) is 8.45. The molecule has 1 heterocycles. The molecule has 2 aromatic rings. The molecular weight excluding hydrogens is 280 g/mol. The average Bonchev–Trinajstić information content (AvgIpc) is 2.94. The molecule has 2 aromatic carbocycles. The maximum atomic E-state index is 4.93. The molecule has 1 aliphatic carbocycles. The van der Waals surface area contributed by atoms with Gasteiger partial charge in [0.25, 0.3) is 0 Å². The molecule has 0 radical (unpaired) electrons. The minimum absolute atomic E-state index is 0.380. The second-order valence-corrected chi connectivity index (χ2v) is 6.49. The van der Waals surface area contributed by atoms with Crippen molar-refractivity contribution in [3.05, 3.63) is 77.4 Å². The average molecular weight is 302 g/mol. The van der Waals surface area contributed by atoms with Crippen LogP contribution in [0.15, 0.2) is 71.3 Å². The Morgan fingerprint density at radius 1 is 1.00 bits per heavy atom. The van der Waals surface area contributed by atoms with Crippen molar-refractivity contribution in [2.24, 2.45) is 11.0 Å². The van der Waals surface area contributed by atoms with Gasteiger partial charge in [0, 0.05) is 13.0 Å². The van der Waals surface area contributed by atoms with E-state index in [1.165, 1.54) is 35.3 Å². The van der Waals surface area contributed by atoms with Gasteiger partial charge < -0.3 is 0 Å². The summed E-state index contributed by atoms with van der Waals surface area (Å²) in [6, 6.07) is 21.8. The van der Waals surface area contributed by atoms with Gasteiger partial charge in [-0.05, 0) is 42.0 Å². The van der Waals surface area contributed by atoms with E-state index in [0.29, 0.717) is 12.0 Å². The molecule has 2 aliphatic rings. The van der Waals surface area contributed by atoms with Crippen molar-refractivity contribution >= 4 is 11.8 Å². The van der Waals surface area contributed by atoms with Gasteiger partial charge in [-0.15, -0.1) is 0 Å². The molecule has 23 heavy (non-hydrogen) atoms. The van der Waals surface area contributed by atoms with Gasteiger partial charge >= 0.3 is 0 Å². The van der Waals surface area contributed by atoms with E-state index >= 15 is 0 Å². The Kier molecular flexibility index (Phi) is 3.74. The lowest BCUT2D eigenvalue weighted by atomic mass is 9.77. The van der Waals surface area contributed by atoms with Crippen LogP contribution in [0.2, 0.25) is 0 Å². The Balaban J connectivity index is 1.68. The van der Waals surface area contributed by atoms with E-state index in [1.54, 1.807) is 0 Å². The van der Waals surface area contributed by atoms with E-state index in [0.717, 1.165) is 6.42 Å². The minimum Gasteiger partial charge on any atom is -0.292 e. The van der Waals surface area contributed by atoms with Crippen molar-refractivity contribution in [1.82, 2.24) is 5.01 Å². The number of hydrazone groups is 1. The molecular formula is C21H22N2. The normalized spacial score (nSPS) is 25.3. The fourth-order valence-electron chi connectivity index (χ4n) is 3.95. The molecule has 0 amide bonds. The maximum absolute atomic E-state index is 4.93. The zero-order valence-corrected chi connectivity index (χ0v) is 13.5. The van der Waals surface area contributed by atoms with Crippen LogP contribution < -0.4 is 0 Å². The molecule has 4 rings (SSSR count). The number of nitrogens with zero attached hydrogens (tertiary/aromatic N) is 2. The van der Waals surface area contributed by atoms with Crippen LogP contribution >= 0.6 is 0 Å². The highest BCUT2D eigenvalue weighted by molar-refractivity contribution is 6.07. The van der Waals surface area contributed by atoms with Gasteiger partial charge in [0.05, 0.1) is 11.8 Å². The number of hydrogen-bond donors (Lipinski definition) is 0. The van der Waals surface area contributed by atoms with Crippen molar-refractivity contribution in [1.29, 1.82) is 0 Å². The van der Waals surface area contributed by atoms with Gasteiger partial charge in [0.15, 0.2) is 0 Å². The maximum Gasteiger partial charge on any atom is 0.0801 e. The third-order valence-electron chi connectivity index (χ3n) is 4.97. The third-order valence-corrected chi connectivity index (χ3v) is 4.97. The lowest BCUT2D eigenvalue weighted by molar-refractivity contribution is 0.241. The number of hydrogen-bond acceptors (Lipinski definition) is 2. The molecule has 1 fully saturated rings. The van der Waals surface area contributed by atoms with Crippen molar-refractivity contribution in [2.45, 2.75) is 25.3 Å². The van der Waals surface area contributed by atoms with E-state index in [2.05, 4.69) is 78.8 Å². The van der Waals surface area contributed by atoms with Gasteiger partial charge in [-0.1, -0.05) is 60.7 Å². The van der Waals surface area contributed by atoms with Crippen LogP contribution in [-0.4, -0.2) is 17.8 Å². The molecule has 0 aromatic heterocycles. The zero-order valence-electron chi connectivity index (χ0n) is 13.5. The van der Waals surface area contributed by atoms with Gasteiger partial charge in [-0.2, -0.15) is 5.10 Å². The predicted octanol–water partition coefficient (Wildman–Crippen LogP) is 4.91. The number of fused-ring (bicyclic) bond motifs is 1. The van der Waals surface area contributed by atoms with E-state index in [1.807, 2.05) is 0 Å². The van der Waals surface area contributed by atoms with E-state index < -0.39 is 0 Å². The highest BCUT2D eigenvalue weighted by atomic mass is 15.5. The summed E-state index contributed by atoms with van der Waals surface area (Å²) in [5.74, 6) is 0.520. The lowest BCUT2D eigenvalue weighted by Crippen LogP contribution is -2.26. The van der Waals surface area contributed by atoms with Crippen LogP contribution in [0.1, 0.15) is 36.4 Å². The number of rotatable bonds is 2. The van der Waals surface area contributed by atoms with Crippen LogP contribution in [0, 0.1) is 5.92 Å². The van der Waals surface area contributed by atoms with Crippen LogP contribution in [0.5, 0.6) is 0 Å². The Labute approximate surface area is 138 Å². The van der Waals surface area contributed by atoms with Gasteiger partial charge in [-0.25, -0.2) is 0 Å². The highest BCUT2D eigenvalue weighted by Crippen LogP contribution is 2.43. The topological polar surface area (TPSA) is 15.6 Å². The third kappa shape index (κ3) is 2.70. The largest absolute Gasteiger partial charge is 0.292 e. The SMILES string of the molecule is CN1N=C2/C(=C\c3ccccc3)CCCC2C1c1ccccc1. The Hall–Kier alpha value is -2.35. The highest BCUT2D eigenvalue weighted by Gasteiger charge is 2.39. The fraction of sp³-hybridized carbons (Fsp3) is 0.286. The van der Waals surface area contributed by atoms with Crippen molar-refractivity contribution in [2.75, 3.05) is 7.05 Å². The molecule has 1 aliphatic heterocycles. The van der Waals surface area contributed by atoms with Crippen LogP contribution in [-0.2, 0) is 0 Å². The summed E-state index contributed by atoms with van der Waals surface area (Å²) in [5.41, 5.74) is 5.37. The Bertz CT molecular complexity index is 731. The Morgan fingerprint density at radius 3 is 2.43 bits per heavy atom. The number of allylic oxidation sites excluding steroid dienone is 1. The molecule has 2 heteroatoms. The van der Waals surface area contributed by atoms with Gasteiger partial charge in [0.2, 0.25) is 0 Å². The molecule has 2 nitrogen and oxygen atoms in total. The van der Waals surface area contributed by atoms with Crippen molar-refractivity contribution < 1.29 is 0 Å². The molecule has 2 unspecified atom stereocenters. The molecule has 1 saturated carbocycles. The quantitative estimate of drug-likeness (QED) is 0.769. The predicted molar refractivity (Wildman–Crippen MR) is 96.1 cm³/mol. The number of benzene rings is 2. The molecule has 0 saturated heterocycles. The smallest absolute Gasteiger partial charge is 0.0801 e. The summed E-state index contributed by atoms with van der Waals surface area (Å²) >= 11 is 0. The van der Waals surface area contributed by atoms with E-state index in [9.17, 15) is 0 Å².